The molecule has 23 heavy (non-hydrogen) atoms. The average Bonchev–Trinajstić information content (AvgIpc) is 3.17. The molecule has 3 rings (SSSR count). The molecule has 118 valence electrons. The van der Waals surface area contributed by atoms with Crippen molar-refractivity contribution in [2.45, 2.75) is 26.9 Å². The molecule has 0 saturated heterocycles. The quantitative estimate of drug-likeness (QED) is 0.667. The average molecular weight is 328 g/mol. The first-order valence-electron chi connectivity index (χ1n) is 7.21. The van der Waals surface area contributed by atoms with Crippen LogP contribution in [0.2, 0.25) is 0 Å². The van der Waals surface area contributed by atoms with Gasteiger partial charge in [0.1, 0.15) is 4.88 Å². The molecule has 0 fully saturated rings. The van der Waals surface area contributed by atoms with E-state index >= 15 is 0 Å². The van der Waals surface area contributed by atoms with Crippen molar-refractivity contribution in [1.82, 2.24) is 10.2 Å². The molecule has 2 aromatic heterocycles. The topological polar surface area (TPSA) is 65.2 Å². The monoisotopic (exact) mass is 328 g/mol. The molecule has 0 aliphatic carbocycles. The SMILES string of the molecule is Cc1ccc(-c2nnc([C@H](C)OC(=O)c3ccc(C)s3)o2)cc1. The van der Waals surface area contributed by atoms with Gasteiger partial charge in [0, 0.05) is 10.4 Å². The normalized spacial score (nSPS) is 12.1. The molecule has 0 N–H and O–H groups in total. The van der Waals surface area contributed by atoms with Crippen LogP contribution in [0.4, 0.5) is 0 Å². The highest BCUT2D eigenvalue weighted by Gasteiger charge is 2.20. The number of esters is 1. The smallest absolute Gasteiger partial charge is 0.349 e. The Balaban J connectivity index is 1.72. The number of nitrogens with zero attached hydrogens (tertiary/aromatic N) is 2. The third-order valence-corrected chi connectivity index (χ3v) is 4.29. The molecule has 5 nitrogen and oxygen atoms in total. The van der Waals surface area contributed by atoms with Crippen LogP contribution < -0.4 is 0 Å². The number of hydrogen-bond acceptors (Lipinski definition) is 6. The Kier molecular flexibility index (Phi) is 4.25. The minimum Gasteiger partial charge on any atom is -0.448 e. The first kappa shape index (κ1) is 15.4. The fraction of sp³-hybridized carbons (Fsp3) is 0.235. The number of thiophene rings is 1. The first-order chi connectivity index (χ1) is 11.0. The lowest BCUT2D eigenvalue weighted by molar-refractivity contribution is 0.0285. The van der Waals surface area contributed by atoms with Crippen LogP contribution in [0.5, 0.6) is 0 Å². The van der Waals surface area contributed by atoms with E-state index in [9.17, 15) is 4.79 Å². The van der Waals surface area contributed by atoms with Crippen molar-refractivity contribution in [2.24, 2.45) is 0 Å². The van der Waals surface area contributed by atoms with Gasteiger partial charge < -0.3 is 9.15 Å². The Morgan fingerprint density at radius 3 is 2.52 bits per heavy atom. The van der Waals surface area contributed by atoms with Gasteiger partial charge in [-0.3, -0.25) is 0 Å². The molecule has 6 heteroatoms. The summed E-state index contributed by atoms with van der Waals surface area (Å²) in [5, 5.41) is 7.99. The molecule has 0 radical (unpaired) electrons. The number of carbonyl (C=O) groups excluding carboxylic acids is 1. The van der Waals surface area contributed by atoms with E-state index in [0.717, 1.165) is 16.0 Å². The second kappa shape index (κ2) is 6.34. The number of aryl methyl sites for hydroxylation is 2. The lowest BCUT2D eigenvalue weighted by atomic mass is 10.1. The Morgan fingerprint density at radius 1 is 1.13 bits per heavy atom. The fourth-order valence-corrected chi connectivity index (χ4v) is 2.78. The second-order valence-electron chi connectivity index (χ2n) is 5.27. The highest BCUT2D eigenvalue weighted by atomic mass is 32.1. The molecule has 3 aromatic rings. The Hall–Kier alpha value is -2.47. The fourth-order valence-electron chi connectivity index (χ4n) is 2.02. The van der Waals surface area contributed by atoms with Gasteiger partial charge in [0.15, 0.2) is 6.10 Å². The zero-order valence-electron chi connectivity index (χ0n) is 13.1. The largest absolute Gasteiger partial charge is 0.448 e. The van der Waals surface area contributed by atoms with E-state index in [4.69, 9.17) is 9.15 Å². The molecule has 0 unspecified atom stereocenters. The van der Waals surface area contributed by atoms with Crippen molar-refractivity contribution in [3.63, 3.8) is 0 Å². The maximum absolute atomic E-state index is 12.1. The maximum Gasteiger partial charge on any atom is 0.349 e. The summed E-state index contributed by atoms with van der Waals surface area (Å²) < 4.78 is 11.0. The van der Waals surface area contributed by atoms with Crippen LogP contribution in [-0.4, -0.2) is 16.2 Å². The second-order valence-corrected chi connectivity index (χ2v) is 6.56. The summed E-state index contributed by atoms with van der Waals surface area (Å²) in [4.78, 5) is 13.7. The number of carbonyl (C=O) groups is 1. The van der Waals surface area contributed by atoms with E-state index in [0.29, 0.717) is 10.8 Å². The Labute approximate surface area is 137 Å². The summed E-state index contributed by atoms with van der Waals surface area (Å²) in [7, 11) is 0. The molecule has 1 atom stereocenters. The van der Waals surface area contributed by atoms with Crippen LogP contribution in [0.1, 0.15) is 39.0 Å². The molecule has 0 amide bonds. The van der Waals surface area contributed by atoms with Crippen molar-refractivity contribution < 1.29 is 13.9 Å². The van der Waals surface area contributed by atoms with E-state index in [2.05, 4.69) is 10.2 Å². The van der Waals surface area contributed by atoms with Crippen molar-refractivity contribution in [3.05, 3.63) is 57.6 Å². The molecule has 1 aromatic carbocycles. The standard InChI is InChI=1S/C17H16N2O3S/c1-10-4-7-13(8-5-10)16-19-18-15(22-16)12(3)21-17(20)14-9-6-11(2)23-14/h4-9,12H,1-3H3/t12-/m0/s1. The first-order valence-corrected chi connectivity index (χ1v) is 8.02. The van der Waals surface area contributed by atoms with Gasteiger partial charge >= 0.3 is 5.97 Å². The number of aromatic nitrogens is 2. The molecule has 0 aliphatic rings. The number of ether oxygens (including phenoxy) is 1. The van der Waals surface area contributed by atoms with Gasteiger partial charge in [-0.15, -0.1) is 21.5 Å². The van der Waals surface area contributed by atoms with Gasteiger partial charge in [0.05, 0.1) is 0 Å². The van der Waals surface area contributed by atoms with Gasteiger partial charge in [0.25, 0.3) is 5.89 Å². The summed E-state index contributed by atoms with van der Waals surface area (Å²) in [6.45, 7) is 5.67. The molecule has 0 aliphatic heterocycles. The van der Waals surface area contributed by atoms with E-state index in [1.807, 2.05) is 44.2 Å². The minimum atomic E-state index is -0.600. The highest BCUT2D eigenvalue weighted by molar-refractivity contribution is 7.13. The number of benzene rings is 1. The minimum absolute atomic E-state index is 0.280. The van der Waals surface area contributed by atoms with Gasteiger partial charge in [-0.2, -0.15) is 0 Å². The van der Waals surface area contributed by atoms with Crippen LogP contribution >= 0.6 is 11.3 Å². The van der Waals surface area contributed by atoms with Crippen molar-refractivity contribution in [2.75, 3.05) is 0 Å². The number of hydrogen-bond donors (Lipinski definition) is 0. The van der Waals surface area contributed by atoms with Crippen LogP contribution in [0.15, 0.2) is 40.8 Å². The number of rotatable bonds is 4. The third kappa shape index (κ3) is 3.48. The molecule has 0 saturated carbocycles. The van der Waals surface area contributed by atoms with Crippen LogP contribution in [0.3, 0.4) is 0 Å². The van der Waals surface area contributed by atoms with Crippen molar-refractivity contribution in [3.8, 4) is 11.5 Å². The Morgan fingerprint density at radius 2 is 1.87 bits per heavy atom. The summed E-state index contributed by atoms with van der Waals surface area (Å²) in [5.41, 5.74) is 1.99. The van der Waals surface area contributed by atoms with Crippen LogP contribution in [0.25, 0.3) is 11.5 Å². The van der Waals surface area contributed by atoms with E-state index in [-0.39, 0.29) is 11.9 Å². The highest BCUT2D eigenvalue weighted by Crippen LogP contribution is 2.24. The van der Waals surface area contributed by atoms with Gasteiger partial charge in [0.2, 0.25) is 5.89 Å². The van der Waals surface area contributed by atoms with E-state index in [1.54, 1.807) is 13.0 Å². The van der Waals surface area contributed by atoms with Crippen molar-refractivity contribution >= 4 is 17.3 Å². The summed E-state index contributed by atoms with van der Waals surface area (Å²) in [6.07, 6.45) is -0.600. The lowest BCUT2D eigenvalue weighted by Crippen LogP contribution is -2.08. The molecule has 2 heterocycles. The summed E-state index contributed by atoms with van der Waals surface area (Å²) in [6, 6.07) is 11.4. The van der Waals surface area contributed by atoms with Crippen molar-refractivity contribution in [1.29, 1.82) is 0 Å². The van der Waals surface area contributed by atoms with Crippen LogP contribution in [0, 0.1) is 13.8 Å². The van der Waals surface area contributed by atoms with E-state index < -0.39 is 6.10 Å². The van der Waals surface area contributed by atoms with Gasteiger partial charge in [-0.05, 0) is 45.0 Å². The third-order valence-electron chi connectivity index (χ3n) is 3.31. The molecular formula is C17H16N2O3S. The van der Waals surface area contributed by atoms with Gasteiger partial charge in [-0.25, -0.2) is 4.79 Å². The van der Waals surface area contributed by atoms with Gasteiger partial charge in [-0.1, -0.05) is 17.7 Å². The maximum atomic E-state index is 12.1. The van der Waals surface area contributed by atoms with Crippen LogP contribution in [-0.2, 0) is 4.74 Å². The lowest BCUT2D eigenvalue weighted by Gasteiger charge is -2.07. The predicted octanol–water partition coefficient (Wildman–Crippen LogP) is 4.33. The summed E-state index contributed by atoms with van der Waals surface area (Å²) >= 11 is 1.40. The molecule has 0 bridgehead atoms. The predicted molar refractivity (Wildman–Crippen MR) is 87.4 cm³/mol. The van der Waals surface area contributed by atoms with E-state index in [1.165, 1.54) is 11.3 Å². The Bertz CT molecular complexity index is 820. The zero-order valence-corrected chi connectivity index (χ0v) is 13.9. The molecular weight excluding hydrogens is 312 g/mol. The summed E-state index contributed by atoms with van der Waals surface area (Å²) in [5.74, 6) is 0.308. The zero-order chi connectivity index (χ0) is 16.4. The molecule has 0 spiro atoms.